The molecule has 0 aromatic carbocycles. The Labute approximate surface area is 133 Å². The van der Waals surface area contributed by atoms with Gasteiger partial charge in [-0.2, -0.15) is 0 Å². The number of piperidine rings is 1. The van der Waals surface area contributed by atoms with E-state index in [1.54, 1.807) is 11.1 Å². The fraction of sp³-hybridized carbons (Fsp3) is 0.667. The summed E-state index contributed by atoms with van der Waals surface area (Å²) in [7, 11) is -1.26. The van der Waals surface area contributed by atoms with Gasteiger partial charge in [0.25, 0.3) is 0 Å². The highest BCUT2D eigenvalue weighted by atomic mass is 32.2. The minimum atomic E-state index is -1.26. The number of carbonyl (C=O) groups is 1. The first-order valence-electron chi connectivity index (χ1n) is 7.51. The van der Waals surface area contributed by atoms with Gasteiger partial charge in [0.05, 0.1) is 22.7 Å². The second-order valence-corrected chi connectivity index (χ2v) is 7.82. The molecule has 6 nitrogen and oxygen atoms in total. The highest BCUT2D eigenvalue weighted by Gasteiger charge is 2.31. The zero-order valence-corrected chi connectivity index (χ0v) is 14.1. The molecule has 0 saturated carbocycles. The second-order valence-electron chi connectivity index (χ2n) is 6.38. The predicted molar refractivity (Wildman–Crippen MR) is 83.9 cm³/mol. The lowest BCUT2D eigenvalue weighted by atomic mass is 10.0. The van der Waals surface area contributed by atoms with Crippen LogP contribution in [0.15, 0.2) is 23.6 Å². The third kappa shape index (κ3) is 4.76. The first-order chi connectivity index (χ1) is 10.4. The summed E-state index contributed by atoms with van der Waals surface area (Å²) < 4.78 is 17.9. The van der Waals surface area contributed by atoms with E-state index in [9.17, 15) is 9.00 Å². The number of carbonyl (C=O) groups excluding carboxylic acids is 1. The Morgan fingerprint density at radius 2 is 2.18 bits per heavy atom. The molecule has 22 heavy (non-hydrogen) atoms. The van der Waals surface area contributed by atoms with Crippen LogP contribution in [-0.4, -0.2) is 49.1 Å². The molecule has 1 aliphatic heterocycles. The van der Waals surface area contributed by atoms with Crippen LogP contribution in [0.1, 0.15) is 40.0 Å². The molecule has 1 amide bonds. The van der Waals surface area contributed by atoms with Crippen LogP contribution in [0.25, 0.3) is 0 Å². The van der Waals surface area contributed by atoms with E-state index in [-0.39, 0.29) is 12.1 Å². The number of hydrogen-bond acceptors (Lipinski definition) is 5. The smallest absolute Gasteiger partial charge is 0.410 e. The van der Waals surface area contributed by atoms with E-state index < -0.39 is 16.4 Å². The van der Waals surface area contributed by atoms with Crippen molar-refractivity contribution >= 4 is 16.9 Å². The van der Waals surface area contributed by atoms with Crippen molar-refractivity contribution in [1.29, 1.82) is 0 Å². The van der Waals surface area contributed by atoms with Crippen LogP contribution in [0.3, 0.4) is 0 Å². The third-order valence-electron chi connectivity index (χ3n) is 3.37. The van der Waals surface area contributed by atoms with Gasteiger partial charge in [-0.1, -0.05) is 0 Å². The van der Waals surface area contributed by atoms with Gasteiger partial charge in [-0.25, -0.2) is 9.78 Å². The highest BCUT2D eigenvalue weighted by molar-refractivity contribution is 7.85. The number of amides is 1. The van der Waals surface area contributed by atoms with Crippen LogP contribution < -0.4 is 0 Å². The molecular weight excluding hydrogens is 302 g/mol. The van der Waals surface area contributed by atoms with Gasteiger partial charge in [0.1, 0.15) is 10.6 Å². The minimum Gasteiger partial charge on any atom is -0.444 e. The van der Waals surface area contributed by atoms with Crippen molar-refractivity contribution < 1.29 is 13.7 Å². The molecule has 2 rings (SSSR count). The molecule has 0 N–H and O–H groups in total. The fourth-order valence-electron chi connectivity index (χ4n) is 2.40. The van der Waals surface area contributed by atoms with E-state index in [2.05, 4.69) is 9.97 Å². The lowest BCUT2D eigenvalue weighted by Crippen LogP contribution is -2.48. The SMILES string of the molecule is CC(C)(C)OC(=O)N1CCCC[C@H]1C[S@](=O)c1cnccn1. The molecule has 0 aliphatic carbocycles. The molecule has 122 valence electrons. The van der Waals surface area contributed by atoms with Gasteiger partial charge < -0.3 is 9.64 Å². The second kappa shape index (κ2) is 7.17. The lowest BCUT2D eigenvalue weighted by molar-refractivity contribution is 0.0125. The summed E-state index contributed by atoms with van der Waals surface area (Å²) in [6, 6.07) is -0.0774. The molecule has 1 fully saturated rings. The van der Waals surface area contributed by atoms with Crippen molar-refractivity contribution in [2.45, 2.75) is 56.7 Å². The number of likely N-dealkylation sites (tertiary alicyclic amines) is 1. The molecule has 0 bridgehead atoms. The van der Waals surface area contributed by atoms with Crippen molar-refractivity contribution in [3.8, 4) is 0 Å². The maximum atomic E-state index is 12.4. The number of ether oxygens (including phenoxy) is 1. The third-order valence-corrected chi connectivity index (χ3v) is 4.74. The van der Waals surface area contributed by atoms with E-state index in [1.807, 2.05) is 20.8 Å². The van der Waals surface area contributed by atoms with E-state index >= 15 is 0 Å². The molecule has 1 aromatic rings. The van der Waals surface area contributed by atoms with Crippen LogP contribution in [0, 0.1) is 0 Å². The first kappa shape index (κ1) is 16.9. The summed E-state index contributed by atoms with van der Waals surface area (Å²) in [6.45, 7) is 6.20. The summed E-state index contributed by atoms with van der Waals surface area (Å²) in [5.74, 6) is 0.373. The number of nitrogens with zero attached hydrogens (tertiary/aromatic N) is 3. The van der Waals surface area contributed by atoms with Crippen LogP contribution in [-0.2, 0) is 15.5 Å². The Morgan fingerprint density at radius 1 is 1.41 bits per heavy atom. The summed E-state index contributed by atoms with van der Waals surface area (Å²) in [5, 5.41) is 0.456. The molecule has 1 aromatic heterocycles. The van der Waals surface area contributed by atoms with E-state index in [4.69, 9.17) is 4.74 Å². The van der Waals surface area contributed by atoms with Crippen LogP contribution in [0.5, 0.6) is 0 Å². The maximum absolute atomic E-state index is 12.4. The topological polar surface area (TPSA) is 72.4 Å². The zero-order valence-electron chi connectivity index (χ0n) is 13.3. The zero-order chi connectivity index (χ0) is 16.2. The van der Waals surface area contributed by atoms with Crippen LogP contribution in [0.4, 0.5) is 4.79 Å². The summed E-state index contributed by atoms with van der Waals surface area (Å²) in [4.78, 5) is 22.0. The molecule has 1 aliphatic rings. The van der Waals surface area contributed by atoms with Gasteiger partial charge in [-0.3, -0.25) is 9.19 Å². The molecule has 2 heterocycles. The highest BCUT2D eigenvalue weighted by Crippen LogP contribution is 2.22. The minimum absolute atomic E-state index is 0.0774. The van der Waals surface area contributed by atoms with Gasteiger partial charge in [0.2, 0.25) is 0 Å². The number of rotatable bonds is 3. The quantitative estimate of drug-likeness (QED) is 0.853. The fourth-order valence-corrected chi connectivity index (χ4v) is 3.62. The summed E-state index contributed by atoms with van der Waals surface area (Å²) >= 11 is 0. The largest absolute Gasteiger partial charge is 0.444 e. The van der Waals surface area contributed by atoms with Gasteiger partial charge in [0.15, 0.2) is 0 Å². The Balaban J connectivity index is 2.04. The molecular formula is C15H23N3O3S. The average Bonchev–Trinajstić information content (AvgIpc) is 2.47. The molecule has 1 saturated heterocycles. The van der Waals surface area contributed by atoms with Crippen LogP contribution in [0.2, 0.25) is 0 Å². The van der Waals surface area contributed by atoms with Gasteiger partial charge >= 0.3 is 6.09 Å². The molecule has 0 radical (unpaired) electrons. The van der Waals surface area contributed by atoms with E-state index in [1.165, 1.54) is 12.4 Å². The molecule has 0 unspecified atom stereocenters. The first-order valence-corrected chi connectivity index (χ1v) is 8.83. The van der Waals surface area contributed by atoms with Gasteiger partial charge in [-0.05, 0) is 40.0 Å². The number of hydrogen-bond donors (Lipinski definition) is 0. The Hall–Kier alpha value is -1.50. The average molecular weight is 325 g/mol. The molecule has 0 spiro atoms. The Kier molecular flexibility index (Phi) is 5.50. The van der Waals surface area contributed by atoms with Crippen molar-refractivity contribution in [3.05, 3.63) is 18.6 Å². The van der Waals surface area contributed by atoms with Crippen LogP contribution >= 0.6 is 0 Å². The monoisotopic (exact) mass is 325 g/mol. The lowest BCUT2D eigenvalue weighted by Gasteiger charge is -2.36. The molecule has 2 atom stereocenters. The Bertz CT molecular complexity index is 531. The van der Waals surface area contributed by atoms with Crippen molar-refractivity contribution in [1.82, 2.24) is 14.9 Å². The van der Waals surface area contributed by atoms with Gasteiger partial charge in [-0.15, -0.1) is 0 Å². The van der Waals surface area contributed by atoms with Crippen molar-refractivity contribution in [3.63, 3.8) is 0 Å². The summed E-state index contributed by atoms with van der Waals surface area (Å²) in [6.07, 6.45) is 7.08. The normalized spacial score (nSPS) is 20.5. The van der Waals surface area contributed by atoms with Gasteiger partial charge in [0, 0.05) is 25.0 Å². The van der Waals surface area contributed by atoms with E-state index in [0.717, 1.165) is 19.3 Å². The van der Waals surface area contributed by atoms with Crippen molar-refractivity contribution in [2.24, 2.45) is 0 Å². The predicted octanol–water partition coefficient (Wildman–Crippen LogP) is 2.37. The van der Waals surface area contributed by atoms with E-state index in [0.29, 0.717) is 17.3 Å². The van der Waals surface area contributed by atoms with Crippen molar-refractivity contribution in [2.75, 3.05) is 12.3 Å². The standard InChI is InChI=1S/C15H23N3O3S/c1-15(2,3)21-14(19)18-9-5-4-6-12(18)11-22(20)13-10-16-7-8-17-13/h7-8,10,12H,4-6,9,11H2,1-3H3/t12-,22-/m0/s1. The Morgan fingerprint density at radius 3 is 2.82 bits per heavy atom. The number of aromatic nitrogens is 2. The summed E-state index contributed by atoms with van der Waals surface area (Å²) in [5.41, 5.74) is -0.525. The maximum Gasteiger partial charge on any atom is 0.410 e. The molecule has 7 heteroatoms.